The van der Waals surface area contributed by atoms with Crippen LogP contribution in [0.1, 0.15) is 17.9 Å². The van der Waals surface area contributed by atoms with Crippen molar-refractivity contribution < 1.29 is 9.53 Å². The van der Waals surface area contributed by atoms with E-state index in [0.717, 1.165) is 17.7 Å². The Hall–Kier alpha value is -0.520. The van der Waals surface area contributed by atoms with Crippen LogP contribution >= 0.6 is 27.7 Å². The van der Waals surface area contributed by atoms with E-state index in [0.29, 0.717) is 18.0 Å². The molecule has 5 heteroatoms. The molecule has 104 valence electrons. The zero-order valence-electron chi connectivity index (χ0n) is 10.9. The zero-order chi connectivity index (χ0) is 13.7. The molecule has 1 aromatic carbocycles. The Kier molecular flexibility index (Phi) is 5.73. The lowest BCUT2D eigenvalue weighted by molar-refractivity contribution is -0.122. The van der Waals surface area contributed by atoms with Gasteiger partial charge in [-0.2, -0.15) is 0 Å². The lowest BCUT2D eigenvalue weighted by Crippen LogP contribution is -2.31. The van der Waals surface area contributed by atoms with Crippen molar-refractivity contribution in [2.75, 3.05) is 26.0 Å². The van der Waals surface area contributed by atoms with Gasteiger partial charge in [-0.1, -0.05) is 34.1 Å². The standard InChI is InChI=1S/C14H18BrNO2S/c1-18-8-10(15)6-7-16-14(17)12-9-19-13-5-3-2-4-11(12)13/h2-5,10,12H,6-9H2,1H3,(H,16,17). The Bertz CT molecular complexity index is 441. The van der Waals surface area contributed by atoms with Gasteiger partial charge in [0.25, 0.3) is 0 Å². The first kappa shape index (κ1) is 14.9. The molecule has 0 saturated carbocycles. The third-order valence-corrected chi connectivity index (χ3v) is 5.03. The normalized spacial score (nSPS) is 18.9. The van der Waals surface area contributed by atoms with Gasteiger partial charge in [0.1, 0.15) is 0 Å². The largest absolute Gasteiger partial charge is 0.384 e. The van der Waals surface area contributed by atoms with Gasteiger partial charge >= 0.3 is 0 Å². The Balaban J connectivity index is 1.82. The number of carbonyl (C=O) groups excluding carboxylic acids is 1. The number of hydrogen-bond acceptors (Lipinski definition) is 3. The Labute approximate surface area is 126 Å². The predicted molar refractivity (Wildman–Crippen MR) is 82.1 cm³/mol. The van der Waals surface area contributed by atoms with Crippen LogP contribution in [0.3, 0.4) is 0 Å². The van der Waals surface area contributed by atoms with Crippen molar-refractivity contribution in [3.63, 3.8) is 0 Å². The molecule has 1 aliphatic rings. The van der Waals surface area contributed by atoms with Crippen molar-refractivity contribution in [1.82, 2.24) is 5.32 Å². The summed E-state index contributed by atoms with van der Waals surface area (Å²) < 4.78 is 5.04. The van der Waals surface area contributed by atoms with Crippen molar-refractivity contribution in [2.45, 2.75) is 22.1 Å². The molecule has 1 amide bonds. The minimum atomic E-state index is -0.00241. The molecule has 3 nitrogen and oxygen atoms in total. The molecule has 0 bridgehead atoms. The molecular formula is C14H18BrNO2S. The third-order valence-electron chi connectivity index (χ3n) is 3.12. The van der Waals surface area contributed by atoms with Crippen LogP contribution in [0.5, 0.6) is 0 Å². The van der Waals surface area contributed by atoms with Crippen LogP contribution in [-0.2, 0) is 9.53 Å². The van der Waals surface area contributed by atoms with E-state index < -0.39 is 0 Å². The molecule has 2 rings (SSSR count). The SMILES string of the molecule is COCC(Br)CCNC(=O)C1CSc2ccccc21. The molecule has 2 atom stereocenters. The minimum Gasteiger partial charge on any atom is -0.384 e. The predicted octanol–water partition coefficient (Wildman–Crippen LogP) is 2.79. The van der Waals surface area contributed by atoms with Gasteiger partial charge in [0.2, 0.25) is 5.91 Å². The second kappa shape index (κ2) is 7.31. The van der Waals surface area contributed by atoms with E-state index in [1.807, 2.05) is 12.1 Å². The second-order valence-corrected chi connectivity index (χ2v) is 6.89. The summed E-state index contributed by atoms with van der Waals surface area (Å²) in [4.78, 5) is 13.7. The van der Waals surface area contributed by atoms with E-state index in [1.54, 1.807) is 18.9 Å². The van der Waals surface area contributed by atoms with E-state index in [1.165, 1.54) is 4.90 Å². The van der Waals surface area contributed by atoms with Gasteiger partial charge < -0.3 is 10.1 Å². The average molecular weight is 344 g/mol. The Morgan fingerprint density at radius 3 is 3.16 bits per heavy atom. The lowest BCUT2D eigenvalue weighted by Gasteiger charge is -2.13. The fourth-order valence-electron chi connectivity index (χ4n) is 2.12. The first-order chi connectivity index (χ1) is 9.22. The zero-order valence-corrected chi connectivity index (χ0v) is 13.3. The van der Waals surface area contributed by atoms with Crippen LogP contribution < -0.4 is 5.32 Å². The summed E-state index contributed by atoms with van der Waals surface area (Å²) in [6.45, 7) is 1.35. The van der Waals surface area contributed by atoms with Gasteiger partial charge in [-0.15, -0.1) is 11.8 Å². The Morgan fingerprint density at radius 1 is 1.58 bits per heavy atom. The number of thioether (sulfide) groups is 1. The highest BCUT2D eigenvalue weighted by atomic mass is 79.9. The van der Waals surface area contributed by atoms with Crippen molar-refractivity contribution in [3.8, 4) is 0 Å². The number of benzene rings is 1. The van der Waals surface area contributed by atoms with Gasteiger partial charge in [-0.3, -0.25) is 4.79 Å². The number of fused-ring (bicyclic) bond motifs is 1. The number of carbonyl (C=O) groups is 1. The smallest absolute Gasteiger partial charge is 0.228 e. The van der Waals surface area contributed by atoms with E-state index >= 15 is 0 Å². The highest BCUT2D eigenvalue weighted by Gasteiger charge is 2.28. The number of halogens is 1. The molecule has 0 radical (unpaired) electrons. The average Bonchev–Trinajstić information content (AvgIpc) is 2.82. The summed E-state index contributed by atoms with van der Waals surface area (Å²) in [5, 5.41) is 3.02. The van der Waals surface area contributed by atoms with Crippen LogP contribution in [0.2, 0.25) is 0 Å². The Morgan fingerprint density at radius 2 is 2.37 bits per heavy atom. The van der Waals surface area contributed by atoms with Gasteiger partial charge in [0.15, 0.2) is 0 Å². The lowest BCUT2D eigenvalue weighted by atomic mass is 10.0. The maximum absolute atomic E-state index is 12.2. The first-order valence-electron chi connectivity index (χ1n) is 6.35. The summed E-state index contributed by atoms with van der Waals surface area (Å²) in [5.74, 6) is 0.980. The molecule has 1 aliphatic heterocycles. The third kappa shape index (κ3) is 3.97. The number of alkyl halides is 1. The molecule has 19 heavy (non-hydrogen) atoms. The topological polar surface area (TPSA) is 38.3 Å². The van der Waals surface area contributed by atoms with Crippen LogP contribution in [0.25, 0.3) is 0 Å². The van der Waals surface area contributed by atoms with Crippen molar-refractivity contribution in [1.29, 1.82) is 0 Å². The molecule has 0 aromatic heterocycles. The quantitative estimate of drug-likeness (QED) is 0.807. The van der Waals surface area contributed by atoms with Crippen LogP contribution in [0, 0.1) is 0 Å². The molecule has 1 N–H and O–H groups in total. The molecule has 0 saturated heterocycles. The summed E-state index contributed by atoms with van der Waals surface area (Å²) in [5.41, 5.74) is 1.16. The van der Waals surface area contributed by atoms with E-state index in [-0.39, 0.29) is 11.8 Å². The number of amides is 1. The number of hydrogen-bond donors (Lipinski definition) is 1. The van der Waals surface area contributed by atoms with Crippen LogP contribution in [0.15, 0.2) is 29.2 Å². The molecule has 0 spiro atoms. The fourth-order valence-corrected chi connectivity index (χ4v) is 3.84. The first-order valence-corrected chi connectivity index (χ1v) is 8.25. The molecule has 1 heterocycles. The summed E-state index contributed by atoms with van der Waals surface area (Å²) >= 11 is 5.28. The van der Waals surface area contributed by atoms with E-state index in [2.05, 4.69) is 33.4 Å². The van der Waals surface area contributed by atoms with Gasteiger partial charge in [-0.25, -0.2) is 0 Å². The van der Waals surface area contributed by atoms with Crippen molar-refractivity contribution >= 4 is 33.6 Å². The van der Waals surface area contributed by atoms with E-state index in [9.17, 15) is 4.79 Å². The maximum atomic E-state index is 12.2. The number of nitrogens with one attached hydrogen (secondary N) is 1. The summed E-state index contributed by atoms with van der Waals surface area (Å²) in [6, 6.07) is 8.16. The van der Waals surface area contributed by atoms with Crippen molar-refractivity contribution in [2.24, 2.45) is 0 Å². The monoisotopic (exact) mass is 343 g/mol. The molecule has 0 aliphatic carbocycles. The minimum absolute atomic E-state index is 0.00241. The van der Waals surface area contributed by atoms with Gasteiger partial charge in [0.05, 0.1) is 12.5 Å². The second-order valence-electron chi connectivity index (χ2n) is 4.53. The highest BCUT2D eigenvalue weighted by molar-refractivity contribution is 9.09. The van der Waals surface area contributed by atoms with Gasteiger partial charge in [0, 0.05) is 29.1 Å². The van der Waals surface area contributed by atoms with Gasteiger partial charge in [-0.05, 0) is 18.1 Å². The number of ether oxygens (including phenoxy) is 1. The summed E-state index contributed by atoms with van der Waals surface area (Å²) in [6.07, 6.45) is 0.876. The van der Waals surface area contributed by atoms with Crippen LogP contribution in [-0.4, -0.2) is 36.7 Å². The summed E-state index contributed by atoms with van der Waals surface area (Å²) in [7, 11) is 1.68. The van der Waals surface area contributed by atoms with Crippen LogP contribution in [0.4, 0.5) is 0 Å². The number of methoxy groups -OCH3 is 1. The molecule has 2 unspecified atom stereocenters. The maximum Gasteiger partial charge on any atom is 0.228 e. The van der Waals surface area contributed by atoms with E-state index in [4.69, 9.17) is 4.74 Å². The number of rotatable bonds is 6. The molecular weight excluding hydrogens is 326 g/mol. The highest BCUT2D eigenvalue weighted by Crippen LogP contribution is 2.39. The molecule has 0 fully saturated rings. The van der Waals surface area contributed by atoms with Crippen molar-refractivity contribution in [3.05, 3.63) is 29.8 Å². The fraction of sp³-hybridized carbons (Fsp3) is 0.500. The molecule has 1 aromatic rings.